The van der Waals surface area contributed by atoms with Crippen LogP contribution >= 0.6 is 0 Å². The monoisotopic (exact) mass is 387 g/mol. The number of nitrogens with zero attached hydrogens (tertiary/aromatic N) is 3. The van der Waals surface area contributed by atoms with Gasteiger partial charge in [-0.1, -0.05) is 60.7 Å². The Morgan fingerprint density at radius 2 is 1.55 bits per heavy atom. The molecule has 5 nitrogen and oxygen atoms in total. The molecule has 1 saturated heterocycles. The summed E-state index contributed by atoms with van der Waals surface area (Å²) in [5, 5.41) is 0. The Balaban J connectivity index is 1.45. The van der Waals surface area contributed by atoms with Crippen LogP contribution in [-0.4, -0.2) is 40.0 Å². The molecule has 2 heterocycles. The van der Waals surface area contributed by atoms with Crippen molar-refractivity contribution in [1.82, 2.24) is 14.9 Å². The molecule has 0 spiro atoms. The zero-order chi connectivity index (χ0) is 20.1. The van der Waals surface area contributed by atoms with Crippen LogP contribution in [0.2, 0.25) is 0 Å². The third kappa shape index (κ3) is 4.62. The van der Waals surface area contributed by atoms with Gasteiger partial charge in [0.15, 0.2) is 0 Å². The number of hydrogen-bond donors (Lipinski definition) is 0. The van der Waals surface area contributed by atoms with Crippen LogP contribution in [0.1, 0.15) is 35.7 Å². The summed E-state index contributed by atoms with van der Waals surface area (Å²) >= 11 is 0. The van der Waals surface area contributed by atoms with E-state index < -0.39 is 0 Å². The average Bonchev–Trinajstić information content (AvgIpc) is 2.76. The first-order valence-electron chi connectivity index (χ1n) is 10.1. The third-order valence-electron chi connectivity index (χ3n) is 5.30. The minimum absolute atomic E-state index is 0.0697. The van der Waals surface area contributed by atoms with Gasteiger partial charge in [-0.3, -0.25) is 4.79 Å². The van der Waals surface area contributed by atoms with E-state index in [1.54, 1.807) is 12.3 Å². The molecule has 0 saturated carbocycles. The van der Waals surface area contributed by atoms with Gasteiger partial charge in [0.2, 0.25) is 11.8 Å². The van der Waals surface area contributed by atoms with Gasteiger partial charge in [-0.25, -0.2) is 4.98 Å². The molecule has 1 fully saturated rings. The van der Waals surface area contributed by atoms with Crippen molar-refractivity contribution in [2.24, 2.45) is 0 Å². The molecular formula is C24H25N3O2. The number of aromatic nitrogens is 2. The van der Waals surface area contributed by atoms with Gasteiger partial charge in [-0.2, -0.15) is 4.98 Å². The van der Waals surface area contributed by atoms with Gasteiger partial charge in [0, 0.05) is 38.2 Å². The van der Waals surface area contributed by atoms with Gasteiger partial charge < -0.3 is 9.64 Å². The van der Waals surface area contributed by atoms with Crippen molar-refractivity contribution in [2.45, 2.75) is 31.8 Å². The molecule has 1 amide bonds. The fourth-order valence-electron chi connectivity index (χ4n) is 3.82. The van der Waals surface area contributed by atoms with Crippen LogP contribution in [0.4, 0.5) is 0 Å². The lowest BCUT2D eigenvalue weighted by Crippen LogP contribution is -2.44. The second-order valence-corrected chi connectivity index (χ2v) is 7.34. The maximum atomic E-state index is 13.5. The molecule has 0 atom stereocenters. The number of carbonyl (C=O) groups excluding carboxylic acids is 1. The largest absolute Gasteiger partial charge is 0.474 e. The van der Waals surface area contributed by atoms with Crippen LogP contribution in [0, 0.1) is 6.92 Å². The molecule has 2 aromatic carbocycles. The highest BCUT2D eigenvalue weighted by Crippen LogP contribution is 2.28. The van der Waals surface area contributed by atoms with E-state index in [2.05, 4.69) is 9.97 Å². The SMILES string of the molecule is Cc1nccc(OC2CCN(C(=O)C(c3ccccc3)c3ccccc3)CC2)n1. The smallest absolute Gasteiger partial charge is 0.234 e. The van der Waals surface area contributed by atoms with E-state index in [0.29, 0.717) is 24.8 Å². The zero-order valence-corrected chi connectivity index (χ0v) is 16.6. The van der Waals surface area contributed by atoms with E-state index in [4.69, 9.17) is 4.74 Å². The molecule has 0 radical (unpaired) electrons. The Bertz CT molecular complexity index is 899. The molecule has 1 aliphatic heterocycles. The summed E-state index contributed by atoms with van der Waals surface area (Å²) in [6, 6.07) is 21.8. The number of amides is 1. The van der Waals surface area contributed by atoms with Crippen molar-refractivity contribution in [2.75, 3.05) is 13.1 Å². The molecule has 1 aliphatic rings. The van der Waals surface area contributed by atoms with E-state index in [1.165, 1.54) is 0 Å². The molecule has 5 heteroatoms. The first-order chi connectivity index (χ1) is 14.2. The number of likely N-dealkylation sites (tertiary alicyclic amines) is 1. The number of benzene rings is 2. The van der Waals surface area contributed by atoms with Gasteiger partial charge in [-0.15, -0.1) is 0 Å². The molecular weight excluding hydrogens is 362 g/mol. The van der Waals surface area contributed by atoms with Crippen molar-refractivity contribution < 1.29 is 9.53 Å². The molecule has 148 valence electrons. The van der Waals surface area contributed by atoms with Crippen LogP contribution in [0.15, 0.2) is 72.9 Å². The fraction of sp³-hybridized carbons (Fsp3) is 0.292. The van der Waals surface area contributed by atoms with Gasteiger partial charge in [-0.05, 0) is 18.1 Å². The molecule has 0 bridgehead atoms. The predicted octanol–water partition coefficient (Wildman–Crippen LogP) is 3.99. The normalized spacial score (nSPS) is 14.8. The zero-order valence-electron chi connectivity index (χ0n) is 16.6. The van der Waals surface area contributed by atoms with Gasteiger partial charge in [0.1, 0.15) is 11.9 Å². The van der Waals surface area contributed by atoms with E-state index in [9.17, 15) is 4.79 Å². The summed E-state index contributed by atoms with van der Waals surface area (Å²) in [6.07, 6.45) is 3.37. The van der Waals surface area contributed by atoms with E-state index in [1.807, 2.05) is 72.5 Å². The standard InChI is InChI=1S/C24H25N3O2/c1-18-25-15-12-22(26-18)29-21-13-16-27(17-14-21)24(28)23(19-8-4-2-5-9-19)20-10-6-3-7-11-20/h2-12,15,21,23H,13-14,16-17H2,1H3. The van der Waals surface area contributed by atoms with E-state index >= 15 is 0 Å². The Kier molecular flexibility index (Phi) is 5.84. The van der Waals surface area contributed by atoms with Crippen LogP contribution in [-0.2, 0) is 4.79 Å². The molecule has 3 aromatic rings. The predicted molar refractivity (Wildman–Crippen MR) is 112 cm³/mol. The van der Waals surface area contributed by atoms with Gasteiger partial charge in [0.05, 0.1) is 5.92 Å². The Labute approximate surface area is 171 Å². The lowest BCUT2D eigenvalue weighted by atomic mass is 9.89. The summed E-state index contributed by atoms with van der Waals surface area (Å²) in [7, 11) is 0. The number of piperidine rings is 1. The summed E-state index contributed by atoms with van der Waals surface area (Å²) in [6.45, 7) is 3.22. The van der Waals surface area contributed by atoms with Crippen LogP contribution in [0.25, 0.3) is 0 Å². The number of ether oxygens (including phenoxy) is 1. The summed E-state index contributed by atoms with van der Waals surface area (Å²) in [4.78, 5) is 23.9. The second kappa shape index (κ2) is 8.86. The van der Waals surface area contributed by atoms with Gasteiger partial charge in [0.25, 0.3) is 0 Å². The highest BCUT2D eigenvalue weighted by atomic mass is 16.5. The lowest BCUT2D eigenvalue weighted by molar-refractivity contribution is -0.133. The molecule has 0 aliphatic carbocycles. The van der Waals surface area contributed by atoms with E-state index in [-0.39, 0.29) is 17.9 Å². The summed E-state index contributed by atoms with van der Waals surface area (Å²) in [5.41, 5.74) is 2.05. The molecule has 0 unspecified atom stereocenters. The Morgan fingerprint density at radius 1 is 0.966 bits per heavy atom. The van der Waals surface area contributed by atoms with Crippen LogP contribution < -0.4 is 4.74 Å². The third-order valence-corrected chi connectivity index (χ3v) is 5.30. The lowest BCUT2D eigenvalue weighted by Gasteiger charge is -2.34. The van der Waals surface area contributed by atoms with Crippen molar-refractivity contribution >= 4 is 5.91 Å². The average molecular weight is 387 g/mol. The summed E-state index contributed by atoms with van der Waals surface area (Å²) < 4.78 is 6.00. The Hall–Kier alpha value is -3.21. The van der Waals surface area contributed by atoms with Crippen molar-refractivity contribution in [3.05, 3.63) is 89.9 Å². The van der Waals surface area contributed by atoms with Crippen molar-refractivity contribution in [3.63, 3.8) is 0 Å². The number of rotatable bonds is 5. The number of aryl methyl sites for hydroxylation is 1. The highest BCUT2D eigenvalue weighted by molar-refractivity contribution is 5.87. The quantitative estimate of drug-likeness (QED) is 0.664. The molecule has 0 N–H and O–H groups in total. The van der Waals surface area contributed by atoms with Crippen molar-refractivity contribution in [1.29, 1.82) is 0 Å². The van der Waals surface area contributed by atoms with Gasteiger partial charge >= 0.3 is 0 Å². The van der Waals surface area contributed by atoms with Crippen LogP contribution in [0.5, 0.6) is 5.88 Å². The minimum Gasteiger partial charge on any atom is -0.474 e. The molecule has 29 heavy (non-hydrogen) atoms. The maximum absolute atomic E-state index is 13.5. The molecule has 4 rings (SSSR count). The minimum atomic E-state index is -0.278. The number of carbonyl (C=O) groups is 1. The fourth-order valence-corrected chi connectivity index (χ4v) is 3.82. The topological polar surface area (TPSA) is 55.3 Å². The second-order valence-electron chi connectivity index (χ2n) is 7.34. The van der Waals surface area contributed by atoms with Crippen LogP contribution in [0.3, 0.4) is 0 Å². The summed E-state index contributed by atoms with van der Waals surface area (Å²) in [5.74, 6) is 1.18. The van der Waals surface area contributed by atoms with E-state index in [0.717, 1.165) is 24.0 Å². The Morgan fingerprint density at radius 3 is 2.10 bits per heavy atom. The van der Waals surface area contributed by atoms with Crippen molar-refractivity contribution in [3.8, 4) is 5.88 Å². The molecule has 1 aromatic heterocycles. The number of hydrogen-bond acceptors (Lipinski definition) is 4. The first kappa shape index (κ1) is 19.1. The first-order valence-corrected chi connectivity index (χ1v) is 10.1. The highest BCUT2D eigenvalue weighted by Gasteiger charge is 2.31. The maximum Gasteiger partial charge on any atom is 0.234 e.